The number of aliphatic hydroxyl groups is 1. The van der Waals surface area contributed by atoms with Crippen LogP contribution in [-0.4, -0.2) is 37.3 Å². The molecule has 3 aliphatic carbocycles. The number of pyridine rings is 1. The maximum absolute atomic E-state index is 12.8. The molecule has 0 spiro atoms. The van der Waals surface area contributed by atoms with Crippen LogP contribution in [0.5, 0.6) is 0 Å². The maximum atomic E-state index is 12.8. The molecule has 0 radical (unpaired) electrons. The van der Waals surface area contributed by atoms with Gasteiger partial charge in [-0.15, -0.1) is 0 Å². The molecule has 1 unspecified atom stereocenters. The molecule has 3 aliphatic rings. The first-order chi connectivity index (χ1) is 15.4. The minimum atomic E-state index is -0.920. The Morgan fingerprint density at radius 2 is 2.03 bits per heavy atom. The maximum Gasteiger partial charge on any atom is 0.288 e. The second kappa shape index (κ2) is 8.67. The second-order valence-corrected chi connectivity index (χ2v) is 11.1. The van der Waals surface area contributed by atoms with E-state index in [1.165, 1.54) is 6.20 Å². The van der Waals surface area contributed by atoms with Crippen LogP contribution in [0, 0.1) is 17.3 Å². The molecule has 3 saturated carbocycles. The van der Waals surface area contributed by atoms with E-state index in [0.717, 1.165) is 23.1 Å². The summed E-state index contributed by atoms with van der Waals surface area (Å²) >= 11 is 12.5. The quantitative estimate of drug-likeness (QED) is 0.597. The van der Waals surface area contributed by atoms with Crippen LogP contribution in [0.4, 0.5) is 5.69 Å². The van der Waals surface area contributed by atoms with Gasteiger partial charge in [-0.3, -0.25) is 14.6 Å². The fourth-order valence-electron chi connectivity index (χ4n) is 5.71. The molecule has 7 nitrogen and oxygen atoms in total. The summed E-state index contributed by atoms with van der Waals surface area (Å²) in [7, 11) is 0. The van der Waals surface area contributed by atoms with Crippen molar-refractivity contribution in [1.29, 1.82) is 0 Å². The van der Waals surface area contributed by atoms with Crippen LogP contribution in [0.2, 0.25) is 10.0 Å². The third kappa shape index (κ3) is 4.31. The minimum absolute atomic E-state index is 0.0302. The van der Waals surface area contributed by atoms with E-state index in [2.05, 4.69) is 29.2 Å². The molecule has 2 N–H and O–H groups in total. The number of ketones is 1. The number of nitrogens with zero attached hydrogens (tertiary/aromatic N) is 3. The Balaban J connectivity index is 1.44. The molecule has 2 aromatic rings. The number of halogens is 2. The van der Waals surface area contributed by atoms with Crippen molar-refractivity contribution in [3.05, 3.63) is 50.6 Å². The van der Waals surface area contributed by atoms with Gasteiger partial charge in [0.1, 0.15) is 11.6 Å². The summed E-state index contributed by atoms with van der Waals surface area (Å²) < 4.78 is 1.08. The molecule has 33 heavy (non-hydrogen) atoms. The van der Waals surface area contributed by atoms with Crippen molar-refractivity contribution in [2.24, 2.45) is 17.3 Å². The van der Waals surface area contributed by atoms with E-state index < -0.39 is 11.2 Å². The highest BCUT2D eigenvalue weighted by molar-refractivity contribution is 6.33. The lowest BCUT2D eigenvalue weighted by Gasteiger charge is -2.65. The minimum Gasteiger partial charge on any atom is -0.388 e. The number of hydrogen-bond acceptors (Lipinski definition) is 6. The number of carbonyl (C=O) groups excluding carboxylic acids is 1. The van der Waals surface area contributed by atoms with Crippen molar-refractivity contribution in [2.75, 3.05) is 5.32 Å². The molecule has 2 heterocycles. The highest BCUT2D eigenvalue weighted by Gasteiger charge is 2.62. The van der Waals surface area contributed by atoms with E-state index in [1.54, 1.807) is 18.5 Å². The summed E-state index contributed by atoms with van der Waals surface area (Å²) in [6.45, 7) is 7.98. The van der Waals surface area contributed by atoms with E-state index in [4.69, 9.17) is 23.2 Å². The zero-order valence-electron chi connectivity index (χ0n) is 19.3. The van der Waals surface area contributed by atoms with Gasteiger partial charge >= 0.3 is 0 Å². The summed E-state index contributed by atoms with van der Waals surface area (Å²) in [4.78, 5) is 29.4. The Bertz CT molecular complexity index is 1130. The van der Waals surface area contributed by atoms with E-state index >= 15 is 0 Å². The van der Waals surface area contributed by atoms with Crippen molar-refractivity contribution in [3.63, 3.8) is 0 Å². The first-order valence-corrected chi connectivity index (χ1v) is 12.0. The molecule has 2 bridgehead atoms. The lowest BCUT2D eigenvalue weighted by Crippen LogP contribution is -2.68. The number of anilines is 1. The summed E-state index contributed by atoms with van der Waals surface area (Å²) in [6.07, 6.45) is 6.65. The van der Waals surface area contributed by atoms with Gasteiger partial charge in [-0.25, -0.2) is 4.68 Å². The molecule has 5 atom stereocenters. The predicted molar refractivity (Wildman–Crippen MR) is 129 cm³/mol. The Kier molecular flexibility index (Phi) is 6.35. The number of aromatic nitrogens is 3. The number of nitrogens with one attached hydrogen (secondary N) is 1. The number of rotatable bonds is 7. The van der Waals surface area contributed by atoms with E-state index in [0.29, 0.717) is 16.6 Å². The number of fused-ring (bicyclic) bond motifs is 2. The zero-order chi connectivity index (χ0) is 24.1. The molecule has 5 rings (SSSR count). The lowest BCUT2D eigenvalue weighted by atomic mass is 9.43. The molecule has 178 valence electrons. The zero-order valence-corrected chi connectivity index (χ0v) is 20.8. The van der Waals surface area contributed by atoms with E-state index in [9.17, 15) is 14.7 Å². The second-order valence-electron chi connectivity index (χ2n) is 10.3. The highest BCUT2D eigenvalue weighted by atomic mass is 35.5. The molecule has 0 saturated heterocycles. The van der Waals surface area contributed by atoms with Gasteiger partial charge in [-0.2, -0.15) is 5.10 Å². The van der Waals surface area contributed by atoms with Crippen molar-refractivity contribution < 1.29 is 9.90 Å². The van der Waals surface area contributed by atoms with Crippen LogP contribution >= 0.6 is 23.2 Å². The third-order valence-corrected chi connectivity index (χ3v) is 8.59. The molecule has 0 aliphatic heterocycles. The van der Waals surface area contributed by atoms with E-state index in [1.807, 2.05) is 13.8 Å². The average molecular weight is 493 g/mol. The van der Waals surface area contributed by atoms with Crippen LogP contribution in [0.15, 0.2) is 29.5 Å². The molecule has 2 aromatic heterocycles. The van der Waals surface area contributed by atoms with Gasteiger partial charge in [0, 0.05) is 18.8 Å². The first kappa shape index (κ1) is 24.2. The Hall–Kier alpha value is -1.96. The molecule has 0 amide bonds. The van der Waals surface area contributed by atoms with Gasteiger partial charge < -0.3 is 10.4 Å². The Morgan fingerprint density at radius 3 is 2.67 bits per heavy atom. The van der Waals surface area contributed by atoms with Gasteiger partial charge in [0.2, 0.25) is 0 Å². The first-order valence-electron chi connectivity index (χ1n) is 11.3. The molecule has 3 fully saturated rings. The van der Waals surface area contributed by atoms with Crippen LogP contribution in [-0.2, 0) is 11.3 Å². The van der Waals surface area contributed by atoms with Gasteiger partial charge in [0.25, 0.3) is 5.56 Å². The summed E-state index contributed by atoms with van der Waals surface area (Å²) in [5.41, 5.74) is -0.141. The number of hydrogen-bond donors (Lipinski definition) is 2. The number of carbonyl (C=O) groups is 1. The monoisotopic (exact) mass is 492 g/mol. The van der Waals surface area contributed by atoms with E-state index in [-0.39, 0.29) is 47.1 Å². The average Bonchev–Trinajstić information content (AvgIpc) is 2.74. The third-order valence-electron chi connectivity index (χ3n) is 7.91. The summed E-state index contributed by atoms with van der Waals surface area (Å²) in [5, 5.41) is 19.1. The van der Waals surface area contributed by atoms with Crippen molar-refractivity contribution in [3.8, 4) is 0 Å². The Labute approximate surface area is 203 Å². The van der Waals surface area contributed by atoms with Gasteiger partial charge in [0.15, 0.2) is 5.78 Å². The molecule has 0 aromatic carbocycles. The lowest BCUT2D eigenvalue weighted by molar-refractivity contribution is -0.199. The topological polar surface area (TPSA) is 97.1 Å². The fraction of sp³-hybridized carbons (Fsp3) is 0.583. The highest BCUT2D eigenvalue weighted by Crippen LogP contribution is 2.63. The molecular weight excluding hydrogens is 463 g/mol. The van der Waals surface area contributed by atoms with Crippen LogP contribution in [0.1, 0.15) is 58.4 Å². The normalized spacial score (nSPS) is 28.6. The number of Topliss-reactive ketones (excluding diaryl/α,β-unsaturated/α-hetero) is 1. The standard InChI is InChI=1S/C24H30Cl2N4O3/c1-13(16-5-6-27-10-17(16)25)7-15(31)12-30-22(32)21(26)18(11-28-30)29-20-9-14-8-19(23(14,2)3)24(20,4)33/h5-6,10-11,13-14,19-20,29,33H,7-9,12H2,1-4H3/t13?,14-,19-,20+,24-/m0/s1. The largest absolute Gasteiger partial charge is 0.388 e. The van der Waals surface area contributed by atoms with Crippen LogP contribution in [0.3, 0.4) is 0 Å². The molecule has 9 heteroatoms. The van der Waals surface area contributed by atoms with Gasteiger partial charge in [-0.1, -0.05) is 44.0 Å². The van der Waals surface area contributed by atoms with Crippen molar-refractivity contribution in [1.82, 2.24) is 14.8 Å². The molecular formula is C24H30Cl2N4O3. The smallest absolute Gasteiger partial charge is 0.288 e. The fourth-order valence-corrected chi connectivity index (χ4v) is 6.22. The summed E-state index contributed by atoms with van der Waals surface area (Å²) in [5.74, 6) is 0.423. The Morgan fingerprint density at radius 1 is 1.30 bits per heavy atom. The van der Waals surface area contributed by atoms with Crippen molar-refractivity contribution >= 4 is 34.7 Å². The van der Waals surface area contributed by atoms with Gasteiger partial charge in [-0.05, 0) is 54.6 Å². The van der Waals surface area contributed by atoms with Gasteiger partial charge in [0.05, 0.1) is 28.5 Å². The van der Waals surface area contributed by atoms with Crippen LogP contribution < -0.4 is 10.9 Å². The SMILES string of the molecule is CC(CC(=O)Cn1ncc(N[C@@H]2C[C@@H]3C[C@@H](C3(C)C)[C@]2(C)O)c(Cl)c1=O)c1ccncc1Cl. The van der Waals surface area contributed by atoms with Crippen LogP contribution in [0.25, 0.3) is 0 Å². The summed E-state index contributed by atoms with van der Waals surface area (Å²) in [6, 6.07) is 1.56. The van der Waals surface area contributed by atoms with Crippen molar-refractivity contribution in [2.45, 2.75) is 71.1 Å². The predicted octanol–water partition coefficient (Wildman–Crippen LogP) is 4.31.